The predicted molar refractivity (Wildman–Crippen MR) is 127 cm³/mol. The summed E-state index contributed by atoms with van der Waals surface area (Å²) in [6, 6.07) is 19.1. The molecule has 1 atom stereocenters. The average molecular weight is 458 g/mol. The lowest BCUT2D eigenvalue weighted by Gasteiger charge is -2.36. The van der Waals surface area contributed by atoms with E-state index in [0.29, 0.717) is 11.4 Å². The molecule has 33 heavy (non-hydrogen) atoms. The lowest BCUT2D eigenvalue weighted by molar-refractivity contribution is -0.117. The summed E-state index contributed by atoms with van der Waals surface area (Å²) in [4.78, 5) is 13.4. The zero-order chi connectivity index (χ0) is 23.2. The topological polar surface area (TPSA) is 54.5 Å². The van der Waals surface area contributed by atoms with Crippen molar-refractivity contribution in [3.05, 3.63) is 125 Å². The van der Waals surface area contributed by atoms with Gasteiger partial charge in [0.1, 0.15) is 11.2 Å². The van der Waals surface area contributed by atoms with Crippen molar-refractivity contribution in [2.75, 3.05) is 4.31 Å². The molecule has 0 fully saturated rings. The van der Waals surface area contributed by atoms with Gasteiger partial charge in [-0.25, -0.2) is 17.1 Å². The Morgan fingerprint density at radius 2 is 1.58 bits per heavy atom. The van der Waals surface area contributed by atoms with E-state index in [9.17, 15) is 17.6 Å². The normalized spacial score (nSPS) is 19.0. The number of halogens is 1. The van der Waals surface area contributed by atoms with Gasteiger partial charge < -0.3 is 0 Å². The molecule has 0 saturated carbocycles. The molecule has 0 bridgehead atoms. The molecule has 0 saturated heterocycles. The van der Waals surface area contributed by atoms with Gasteiger partial charge in [-0.2, -0.15) is 0 Å². The van der Waals surface area contributed by atoms with Crippen LogP contribution >= 0.6 is 0 Å². The van der Waals surface area contributed by atoms with E-state index in [1.54, 1.807) is 36.4 Å². The third-order valence-corrected chi connectivity index (χ3v) is 7.77. The quantitative estimate of drug-likeness (QED) is 0.533. The highest BCUT2D eigenvalue weighted by molar-refractivity contribution is 7.93. The van der Waals surface area contributed by atoms with Crippen molar-refractivity contribution in [2.24, 2.45) is 0 Å². The maximum absolute atomic E-state index is 14.0. The minimum atomic E-state index is -4.20. The SMILES string of the molecule is Cc1ccc(N(C2=Cc3ccccc3[C@]23C=CC=CC3=O)S(=O)(=O)c2ccc(F)cc2)cc1. The third kappa shape index (κ3) is 3.26. The monoisotopic (exact) mass is 457 g/mol. The number of anilines is 1. The fourth-order valence-electron chi connectivity index (χ4n) is 4.39. The van der Waals surface area contributed by atoms with Crippen LogP contribution in [0.4, 0.5) is 10.1 Å². The van der Waals surface area contributed by atoms with E-state index < -0.39 is 21.3 Å². The molecule has 0 unspecified atom stereocenters. The van der Waals surface area contributed by atoms with Gasteiger partial charge >= 0.3 is 0 Å². The molecular weight excluding hydrogens is 437 g/mol. The summed E-state index contributed by atoms with van der Waals surface area (Å²) < 4.78 is 42.8. The molecule has 4 nitrogen and oxygen atoms in total. The molecule has 0 aliphatic heterocycles. The Bertz CT molecular complexity index is 1450. The van der Waals surface area contributed by atoms with E-state index in [-0.39, 0.29) is 10.7 Å². The molecule has 164 valence electrons. The van der Waals surface area contributed by atoms with Crippen LogP contribution in [-0.2, 0) is 20.2 Å². The lowest BCUT2D eigenvalue weighted by Crippen LogP contribution is -2.44. The van der Waals surface area contributed by atoms with Crippen LogP contribution in [0.2, 0.25) is 0 Å². The van der Waals surface area contributed by atoms with Gasteiger partial charge in [0.15, 0.2) is 5.78 Å². The van der Waals surface area contributed by atoms with Crippen LogP contribution in [0.15, 0.2) is 108 Å². The Balaban J connectivity index is 1.79. The average Bonchev–Trinajstić information content (AvgIpc) is 3.12. The number of nitrogens with zero attached hydrogens (tertiary/aromatic N) is 1. The summed E-state index contributed by atoms with van der Waals surface area (Å²) in [5.74, 6) is -0.761. The van der Waals surface area contributed by atoms with E-state index in [2.05, 4.69) is 0 Å². The van der Waals surface area contributed by atoms with E-state index in [1.807, 2.05) is 43.3 Å². The maximum atomic E-state index is 14.0. The number of benzene rings is 3. The van der Waals surface area contributed by atoms with Gasteiger partial charge in [0.2, 0.25) is 0 Å². The molecule has 6 heteroatoms. The van der Waals surface area contributed by atoms with Gasteiger partial charge in [-0.3, -0.25) is 4.79 Å². The standard InChI is InChI=1S/C27H20FNO3S/c1-19-9-13-22(14-10-19)29(33(31,32)23-15-11-21(28)12-16-23)25-18-20-6-2-3-7-24(20)27(25)17-5-4-8-26(27)30/h2-18H,1H3/t27-/m1/s1. The van der Waals surface area contributed by atoms with Crippen molar-refractivity contribution in [3.8, 4) is 0 Å². The van der Waals surface area contributed by atoms with Crippen LogP contribution in [0.3, 0.4) is 0 Å². The maximum Gasteiger partial charge on any atom is 0.268 e. The molecule has 2 aliphatic rings. The Kier molecular flexibility index (Phi) is 4.91. The number of aryl methyl sites for hydroxylation is 1. The van der Waals surface area contributed by atoms with Crippen molar-refractivity contribution in [3.63, 3.8) is 0 Å². The molecule has 3 aromatic carbocycles. The molecule has 0 radical (unpaired) electrons. The zero-order valence-electron chi connectivity index (χ0n) is 17.8. The smallest absolute Gasteiger partial charge is 0.268 e. The number of sulfonamides is 1. The Labute approximate surface area is 192 Å². The van der Waals surface area contributed by atoms with Gasteiger partial charge in [-0.1, -0.05) is 60.2 Å². The summed E-state index contributed by atoms with van der Waals surface area (Å²) in [7, 11) is -4.20. The fourth-order valence-corrected chi connectivity index (χ4v) is 5.94. The largest absolute Gasteiger partial charge is 0.293 e. The van der Waals surface area contributed by atoms with Crippen LogP contribution in [0, 0.1) is 12.7 Å². The molecule has 1 spiro atoms. The first-order chi connectivity index (χ1) is 15.8. The molecule has 0 aromatic heterocycles. The van der Waals surface area contributed by atoms with E-state index >= 15 is 0 Å². The highest BCUT2D eigenvalue weighted by Gasteiger charge is 2.50. The van der Waals surface area contributed by atoms with Crippen LogP contribution in [0.25, 0.3) is 6.08 Å². The van der Waals surface area contributed by atoms with E-state index in [1.165, 1.54) is 22.5 Å². The van der Waals surface area contributed by atoms with Gasteiger partial charge in [0, 0.05) is 0 Å². The zero-order valence-corrected chi connectivity index (χ0v) is 18.6. The third-order valence-electron chi connectivity index (χ3n) is 6.01. The number of carbonyl (C=O) groups is 1. The molecule has 0 heterocycles. The number of rotatable bonds is 4. The van der Waals surface area contributed by atoms with Crippen molar-refractivity contribution in [2.45, 2.75) is 17.2 Å². The second-order valence-corrected chi connectivity index (χ2v) is 9.85. The Morgan fingerprint density at radius 3 is 2.27 bits per heavy atom. The van der Waals surface area contributed by atoms with Crippen LogP contribution in [0.5, 0.6) is 0 Å². The summed E-state index contributed by atoms with van der Waals surface area (Å²) in [5.41, 5.74) is 1.86. The predicted octanol–water partition coefficient (Wildman–Crippen LogP) is 5.32. The van der Waals surface area contributed by atoms with Gasteiger partial charge in [0.25, 0.3) is 10.0 Å². The number of hydrogen-bond donors (Lipinski definition) is 0. The molecule has 3 aromatic rings. The van der Waals surface area contributed by atoms with Crippen LogP contribution in [0.1, 0.15) is 16.7 Å². The van der Waals surface area contributed by atoms with E-state index in [4.69, 9.17) is 0 Å². The molecule has 2 aliphatic carbocycles. The minimum Gasteiger partial charge on any atom is -0.293 e. The number of ketones is 1. The number of fused-ring (bicyclic) bond motifs is 2. The van der Waals surface area contributed by atoms with Crippen molar-refractivity contribution >= 4 is 27.6 Å². The van der Waals surface area contributed by atoms with Gasteiger partial charge in [0.05, 0.1) is 16.3 Å². The van der Waals surface area contributed by atoms with Crippen molar-refractivity contribution in [1.29, 1.82) is 0 Å². The van der Waals surface area contributed by atoms with Crippen LogP contribution < -0.4 is 4.31 Å². The summed E-state index contributed by atoms with van der Waals surface area (Å²) in [6.07, 6.45) is 8.37. The van der Waals surface area contributed by atoms with Crippen molar-refractivity contribution in [1.82, 2.24) is 0 Å². The fraction of sp³-hybridized carbons (Fsp3) is 0.0741. The lowest BCUT2D eigenvalue weighted by atomic mass is 9.74. The van der Waals surface area contributed by atoms with E-state index in [0.717, 1.165) is 28.8 Å². The first kappa shape index (κ1) is 21.1. The summed E-state index contributed by atoms with van der Waals surface area (Å²) in [5, 5.41) is 0. The Hall–Kier alpha value is -3.77. The van der Waals surface area contributed by atoms with Crippen molar-refractivity contribution < 1.29 is 17.6 Å². The first-order valence-corrected chi connectivity index (χ1v) is 11.9. The highest BCUT2D eigenvalue weighted by atomic mass is 32.2. The second-order valence-electron chi connectivity index (χ2n) is 8.07. The molecular formula is C27H20FNO3S. The molecule has 5 rings (SSSR count). The number of allylic oxidation sites excluding steroid dienone is 4. The second kappa shape index (κ2) is 7.67. The Morgan fingerprint density at radius 1 is 0.879 bits per heavy atom. The number of carbonyl (C=O) groups excluding carboxylic acids is 1. The summed E-state index contributed by atoms with van der Waals surface area (Å²) in [6.45, 7) is 1.91. The van der Waals surface area contributed by atoms with Crippen LogP contribution in [-0.4, -0.2) is 14.2 Å². The molecule has 0 N–H and O–H groups in total. The number of hydrogen-bond acceptors (Lipinski definition) is 3. The van der Waals surface area contributed by atoms with Gasteiger partial charge in [-0.05, 0) is 66.6 Å². The summed E-state index contributed by atoms with van der Waals surface area (Å²) >= 11 is 0. The highest BCUT2D eigenvalue weighted by Crippen LogP contribution is 2.49. The molecule has 0 amide bonds. The first-order valence-electron chi connectivity index (χ1n) is 10.4. The minimum absolute atomic E-state index is 0.0701. The van der Waals surface area contributed by atoms with Gasteiger partial charge in [-0.15, -0.1) is 0 Å².